The Bertz CT molecular complexity index is 1160. The van der Waals surface area contributed by atoms with Crippen LogP contribution >= 0.6 is 23.2 Å². The van der Waals surface area contributed by atoms with E-state index in [4.69, 9.17) is 23.2 Å². The van der Waals surface area contributed by atoms with Gasteiger partial charge in [-0.25, -0.2) is 0 Å². The highest BCUT2D eigenvalue weighted by atomic mass is 35.5. The van der Waals surface area contributed by atoms with Gasteiger partial charge in [0.15, 0.2) is 0 Å². The molecule has 0 unspecified atom stereocenters. The van der Waals surface area contributed by atoms with E-state index in [0.717, 1.165) is 33.6 Å². The Labute approximate surface area is 180 Å². The third kappa shape index (κ3) is 3.87. The van der Waals surface area contributed by atoms with Crippen molar-refractivity contribution in [2.45, 2.75) is 13.8 Å². The molecule has 3 aromatic carbocycles. The van der Waals surface area contributed by atoms with Crippen molar-refractivity contribution in [2.75, 3.05) is 4.90 Å². The van der Waals surface area contributed by atoms with Crippen molar-refractivity contribution in [2.24, 2.45) is 0 Å². The van der Waals surface area contributed by atoms with Crippen LogP contribution in [0.4, 0.5) is 5.69 Å². The van der Waals surface area contributed by atoms with Gasteiger partial charge < -0.3 is 0 Å². The van der Waals surface area contributed by atoms with Gasteiger partial charge in [-0.2, -0.15) is 0 Å². The minimum Gasteiger partial charge on any atom is -0.276 e. The molecule has 1 amide bonds. The predicted octanol–water partition coefficient (Wildman–Crippen LogP) is 7.08. The number of aryl methyl sites for hydroxylation is 2. The predicted molar refractivity (Wildman–Crippen MR) is 122 cm³/mol. The highest BCUT2D eigenvalue weighted by Gasteiger charge is 2.31. The molecule has 0 aromatic heterocycles. The van der Waals surface area contributed by atoms with Gasteiger partial charge in [-0.05, 0) is 66.5 Å². The maximum absolute atomic E-state index is 13.5. The number of nitrogens with zero attached hydrogens (tertiary/aromatic N) is 1. The molecule has 0 fully saturated rings. The smallest absolute Gasteiger partial charge is 0.262 e. The molecule has 1 heterocycles. The van der Waals surface area contributed by atoms with Crippen LogP contribution < -0.4 is 4.90 Å². The first-order valence-corrected chi connectivity index (χ1v) is 10.1. The number of benzene rings is 3. The maximum atomic E-state index is 13.5. The number of carbonyl (C=O) groups excluding carboxylic acids is 1. The second-order valence-electron chi connectivity index (χ2n) is 7.09. The van der Waals surface area contributed by atoms with Crippen LogP contribution in [-0.4, -0.2) is 5.91 Å². The number of halogens is 2. The molecule has 4 heteroatoms. The summed E-state index contributed by atoms with van der Waals surface area (Å²) in [6.07, 6.45) is 3.74. The Hall–Kier alpha value is -2.81. The van der Waals surface area contributed by atoms with Crippen LogP contribution in [0.15, 0.2) is 78.4 Å². The van der Waals surface area contributed by atoms with Crippen molar-refractivity contribution in [3.8, 4) is 0 Å². The summed E-state index contributed by atoms with van der Waals surface area (Å²) in [5, 5.41) is 1.07. The van der Waals surface area contributed by atoms with E-state index >= 15 is 0 Å². The minimum absolute atomic E-state index is 0.0800. The van der Waals surface area contributed by atoms with Crippen LogP contribution in [0, 0.1) is 13.8 Å². The van der Waals surface area contributed by atoms with Gasteiger partial charge in [-0.15, -0.1) is 0 Å². The Morgan fingerprint density at radius 2 is 1.66 bits per heavy atom. The molecule has 0 radical (unpaired) electrons. The van der Waals surface area contributed by atoms with Gasteiger partial charge in [-0.1, -0.05) is 71.7 Å². The van der Waals surface area contributed by atoms with E-state index in [1.54, 1.807) is 17.0 Å². The van der Waals surface area contributed by atoms with E-state index in [1.807, 2.05) is 74.5 Å². The number of amides is 1. The molecule has 29 heavy (non-hydrogen) atoms. The average molecular weight is 420 g/mol. The molecule has 0 bridgehead atoms. The van der Waals surface area contributed by atoms with Gasteiger partial charge in [0.05, 0.1) is 11.4 Å². The van der Waals surface area contributed by atoms with E-state index < -0.39 is 0 Å². The fraction of sp³-hybridized carbons (Fsp3) is 0.0800. The van der Waals surface area contributed by atoms with Crippen LogP contribution in [-0.2, 0) is 4.79 Å². The zero-order valence-corrected chi connectivity index (χ0v) is 17.6. The third-order valence-electron chi connectivity index (χ3n) is 4.93. The zero-order chi connectivity index (χ0) is 20.5. The molecule has 0 saturated carbocycles. The van der Waals surface area contributed by atoms with Crippen molar-refractivity contribution < 1.29 is 4.79 Å². The molecule has 1 aliphatic heterocycles. The minimum atomic E-state index is -0.0800. The Morgan fingerprint density at radius 3 is 2.38 bits per heavy atom. The highest BCUT2D eigenvalue weighted by Crippen LogP contribution is 2.37. The third-order valence-corrected chi connectivity index (χ3v) is 5.49. The summed E-state index contributed by atoms with van der Waals surface area (Å²) in [7, 11) is 0. The number of rotatable bonds is 3. The highest BCUT2D eigenvalue weighted by molar-refractivity contribution is 6.35. The SMILES string of the molecule is Cc1ccc(C)c(N2C(=O)/C(=C/c3ccc(Cl)cc3Cl)C=C2c2ccccc2)c1. The van der Waals surface area contributed by atoms with Crippen molar-refractivity contribution in [3.05, 3.63) is 111 Å². The number of hydrogen-bond donors (Lipinski definition) is 0. The molecule has 0 N–H and O–H groups in total. The van der Waals surface area contributed by atoms with E-state index in [-0.39, 0.29) is 5.91 Å². The van der Waals surface area contributed by atoms with Crippen LogP contribution in [0.5, 0.6) is 0 Å². The number of carbonyl (C=O) groups is 1. The summed E-state index contributed by atoms with van der Waals surface area (Å²) in [4.78, 5) is 15.3. The van der Waals surface area contributed by atoms with Gasteiger partial charge in [0.2, 0.25) is 0 Å². The van der Waals surface area contributed by atoms with E-state index in [9.17, 15) is 4.79 Å². The Morgan fingerprint density at radius 1 is 0.897 bits per heavy atom. The summed E-state index contributed by atoms with van der Waals surface area (Å²) in [5.74, 6) is -0.0800. The molecule has 0 atom stereocenters. The topological polar surface area (TPSA) is 20.3 Å². The van der Waals surface area contributed by atoms with Crippen molar-refractivity contribution in [1.29, 1.82) is 0 Å². The number of hydrogen-bond acceptors (Lipinski definition) is 1. The fourth-order valence-electron chi connectivity index (χ4n) is 3.42. The fourth-order valence-corrected chi connectivity index (χ4v) is 3.89. The molecular formula is C25H19Cl2NO. The van der Waals surface area contributed by atoms with Crippen molar-refractivity contribution in [3.63, 3.8) is 0 Å². The normalized spacial score (nSPS) is 15.2. The summed E-state index contributed by atoms with van der Waals surface area (Å²) >= 11 is 12.3. The second-order valence-corrected chi connectivity index (χ2v) is 7.94. The first-order valence-electron chi connectivity index (χ1n) is 9.29. The molecule has 0 aliphatic carbocycles. The summed E-state index contributed by atoms with van der Waals surface area (Å²) < 4.78 is 0. The lowest BCUT2D eigenvalue weighted by Crippen LogP contribution is -2.25. The van der Waals surface area contributed by atoms with Gasteiger partial charge in [0.1, 0.15) is 0 Å². The largest absolute Gasteiger partial charge is 0.276 e. The molecule has 144 valence electrons. The van der Waals surface area contributed by atoms with Crippen LogP contribution in [0.3, 0.4) is 0 Å². The lowest BCUT2D eigenvalue weighted by molar-refractivity contribution is -0.113. The standard InChI is InChI=1S/C25H19Cl2NO/c1-16-8-9-17(2)23(12-16)28-24(18-6-4-3-5-7-18)14-20(25(28)29)13-19-10-11-21(26)15-22(19)27/h3-15H,1-2H3/b20-13+. The Kier molecular flexibility index (Phi) is 5.31. The summed E-state index contributed by atoms with van der Waals surface area (Å²) in [5.41, 5.74) is 6.18. The first-order chi connectivity index (χ1) is 13.9. The van der Waals surface area contributed by atoms with Gasteiger partial charge in [-0.3, -0.25) is 9.69 Å². The van der Waals surface area contributed by atoms with Crippen LogP contribution in [0.1, 0.15) is 22.3 Å². The van der Waals surface area contributed by atoms with Crippen LogP contribution in [0.2, 0.25) is 10.0 Å². The van der Waals surface area contributed by atoms with Crippen molar-refractivity contribution in [1.82, 2.24) is 0 Å². The van der Waals surface area contributed by atoms with E-state index in [2.05, 4.69) is 6.07 Å². The molecule has 0 saturated heterocycles. The Balaban J connectivity index is 1.87. The van der Waals surface area contributed by atoms with Crippen molar-refractivity contribution >= 4 is 46.6 Å². The molecular weight excluding hydrogens is 401 g/mol. The lowest BCUT2D eigenvalue weighted by atomic mass is 10.1. The molecule has 2 nitrogen and oxygen atoms in total. The molecule has 1 aliphatic rings. The quantitative estimate of drug-likeness (QED) is 0.415. The number of anilines is 1. The summed E-state index contributed by atoms with van der Waals surface area (Å²) in [6, 6.07) is 21.3. The van der Waals surface area contributed by atoms with Crippen LogP contribution in [0.25, 0.3) is 11.8 Å². The van der Waals surface area contributed by atoms with Gasteiger partial charge in [0.25, 0.3) is 5.91 Å². The average Bonchev–Trinajstić information content (AvgIpc) is 3.03. The van der Waals surface area contributed by atoms with Gasteiger partial charge >= 0.3 is 0 Å². The first kappa shape index (κ1) is 19.5. The zero-order valence-electron chi connectivity index (χ0n) is 16.1. The van der Waals surface area contributed by atoms with Gasteiger partial charge in [0, 0.05) is 15.6 Å². The molecule has 3 aromatic rings. The maximum Gasteiger partial charge on any atom is 0.262 e. The van der Waals surface area contributed by atoms with E-state index in [0.29, 0.717) is 15.6 Å². The lowest BCUT2D eigenvalue weighted by Gasteiger charge is -2.23. The van der Waals surface area contributed by atoms with E-state index in [1.165, 1.54) is 0 Å². The molecule has 0 spiro atoms. The molecule has 4 rings (SSSR count). The summed E-state index contributed by atoms with van der Waals surface area (Å²) in [6.45, 7) is 4.04. The monoisotopic (exact) mass is 419 g/mol. The second kappa shape index (κ2) is 7.90.